The first-order chi connectivity index (χ1) is 18.1. The molecule has 0 atom stereocenters. The summed E-state index contributed by atoms with van der Waals surface area (Å²) in [5.74, 6) is 1.93. The fourth-order valence-electron chi connectivity index (χ4n) is 5.54. The number of nitrogens with one attached hydrogen (secondary N) is 1. The Morgan fingerprint density at radius 1 is 1.00 bits per heavy atom. The third-order valence-electron chi connectivity index (χ3n) is 7.55. The maximum atomic E-state index is 13.0. The van der Waals surface area contributed by atoms with Gasteiger partial charge in [-0.3, -0.25) is 9.20 Å². The minimum atomic E-state index is -0.231. The van der Waals surface area contributed by atoms with Gasteiger partial charge in [-0.05, 0) is 56.7 Å². The Morgan fingerprint density at radius 3 is 2.51 bits per heavy atom. The van der Waals surface area contributed by atoms with Crippen molar-refractivity contribution in [3.8, 4) is 11.3 Å². The molecular formula is C28H31N7O2. The predicted molar refractivity (Wildman–Crippen MR) is 144 cm³/mol. The van der Waals surface area contributed by atoms with Crippen molar-refractivity contribution in [1.82, 2.24) is 19.4 Å². The molecule has 0 bridgehead atoms. The number of aromatic nitrogens is 4. The van der Waals surface area contributed by atoms with Crippen molar-refractivity contribution in [2.24, 2.45) is 0 Å². The zero-order valence-corrected chi connectivity index (χ0v) is 20.7. The molecule has 0 radical (unpaired) electrons. The summed E-state index contributed by atoms with van der Waals surface area (Å²) in [4.78, 5) is 28.9. The van der Waals surface area contributed by atoms with Crippen molar-refractivity contribution in [3.05, 3.63) is 66.4 Å². The number of fused-ring (bicyclic) bond motifs is 1. The van der Waals surface area contributed by atoms with Gasteiger partial charge in [-0.25, -0.2) is 15.0 Å². The van der Waals surface area contributed by atoms with Crippen LogP contribution >= 0.6 is 0 Å². The first kappa shape index (κ1) is 23.4. The fraction of sp³-hybridized carbons (Fsp3) is 0.357. The van der Waals surface area contributed by atoms with Crippen molar-refractivity contribution in [2.75, 3.05) is 29.0 Å². The van der Waals surface area contributed by atoms with Gasteiger partial charge in [0.25, 0.3) is 5.91 Å². The average Bonchev–Trinajstić information content (AvgIpc) is 3.59. The second-order valence-corrected chi connectivity index (χ2v) is 9.98. The van der Waals surface area contributed by atoms with Gasteiger partial charge in [0.2, 0.25) is 0 Å². The maximum Gasteiger partial charge on any atom is 0.256 e. The molecule has 6 rings (SSSR count). The van der Waals surface area contributed by atoms with Gasteiger partial charge in [-0.1, -0.05) is 12.1 Å². The standard InChI is InChI=1S/C28H31N7O2/c29-26-25-24(33-27(35(25)16-13-31-26)19-7-9-22(36)10-8-19)18-3-5-20(6-4-18)28(37)32-23-17-21(11-12-30-23)34-14-1-2-15-34/h3-6,11-13,16-17,19,22,36H,1-2,7-10,14-15H2,(H2,29,31)(H,30,32,37)/t19-,22-. The number of rotatable bonds is 5. The number of aliphatic hydroxyl groups excluding tert-OH is 1. The van der Waals surface area contributed by atoms with Crippen LogP contribution in [0.15, 0.2) is 55.0 Å². The van der Waals surface area contributed by atoms with Crippen LogP contribution in [0.3, 0.4) is 0 Å². The lowest BCUT2D eigenvalue weighted by Gasteiger charge is -2.24. The van der Waals surface area contributed by atoms with Gasteiger partial charge in [0, 0.05) is 60.5 Å². The molecule has 1 aromatic carbocycles. The van der Waals surface area contributed by atoms with Crippen LogP contribution in [0.5, 0.6) is 0 Å². The lowest BCUT2D eigenvalue weighted by Crippen LogP contribution is -2.18. The number of hydrogen-bond donors (Lipinski definition) is 3. The summed E-state index contributed by atoms with van der Waals surface area (Å²) < 4.78 is 2.03. The van der Waals surface area contributed by atoms with Crippen molar-refractivity contribution in [3.63, 3.8) is 0 Å². The number of carbonyl (C=O) groups excluding carboxylic acids is 1. The minimum Gasteiger partial charge on any atom is -0.393 e. The normalized spacial score (nSPS) is 19.9. The van der Waals surface area contributed by atoms with Crippen LogP contribution in [-0.2, 0) is 0 Å². The molecule has 1 amide bonds. The van der Waals surface area contributed by atoms with Crippen molar-refractivity contribution in [2.45, 2.75) is 50.5 Å². The number of benzene rings is 1. The number of aliphatic hydroxyl groups is 1. The number of nitrogens with zero attached hydrogens (tertiary/aromatic N) is 5. The largest absolute Gasteiger partial charge is 0.393 e. The van der Waals surface area contributed by atoms with Gasteiger partial charge in [-0.15, -0.1) is 0 Å². The van der Waals surface area contributed by atoms with E-state index in [9.17, 15) is 9.90 Å². The summed E-state index contributed by atoms with van der Waals surface area (Å²) in [5.41, 5.74) is 10.3. The Hall–Kier alpha value is -3.98. The number of nitrogen functional groups attached to an aromatic ring is 1. The van der Waals surface area contributed by atoms with Gasteiger partial charge in [0.1, 0.15) is 28.7 Å². The lowest BCUT2D eigenvalue weighted by molar-refractivity contribution is 0.102. The quantitative estimate of drug-likeness (QED) is 0.377. The summed E-state index contributed by atoms with van der Waals surface area (Å²) in [7, 11) is 0. The zero-order chi connectivity index (χ0) is 25.4. The highest BCUT2D eigenvalue weighted by atomic mass is 16.3. The highest BCUT2D eigenvalue weighted by molar-refractivity contribution is 6.04. The van der Waals surface area contributed by atoms with E-state index in [0.717, 1.165) is 67.1 Å². The molecule has 2 fully saturated rings. The maximum absolute atomic E-state index is 13.0. The molecule has 37 heavy (non-hydrogen) atoms. The highest BCUT2D eigenvalue weighted by Gasteiger charge is 2.27. The van der Waals surface area contributed by atoms with Crippen LogP contribution in [0.2, 0.25) is 0 Å². The van der Waals surface area contributed by atoms with Crippen LogP contribution in [0, 0.1) is 0 Å². The van der Waals surface area contributed by atoms with Crippen molar-refractivity contribution in [1.29, 1.82) is 0 Å². The Bertz CT molecular complexity index is 1420. The average molecular weight is 498 g/mol. The van der Waals surface area contributed by atoms with Gasteiger partial charge in [0.05, 0.1) is 6.10 Å². The summed E-state index contributed by atoms with van der Waals surface area (Å²) >= 11 is 0. The Kier molecular flexibility index (Phi) is 6.21. The summed E-state index contributed by atoms with van der Waals surface area (Å²) in [6.07, 6.45) is 10.8. The second-order valence-electron chi connectivity index (χ2n) is 9.98. The number of imidazole rings is 1. The summed E-state index contributed by atoms with van der Waals surface area (Å²) in [6, 6.07) is 11.3. The number of nitrogens with two attached hydrogens (primary N) is 1. The van der Waals surface area contributed by atoms with E-state index in [1.54, 1.807) is 24.5 Å². The molecule has 1 aliphatic carbocycles. The molecule has 9 heteroatoms. The van der Waals surface area contributed by atoms with Gasteiger partial charge >= 0.3 is 0 Å². The Balaban J connectivity index is 1.25. The molecule has 0 spiro atoms. The number of pyridine rings is 1. The van der Waals surface area contributed by atoms with E-state index < -0.39 is 0 Å². The minimum absolute atomic E-state index is 0.213. The molecule has 190 valence electrons. The van der Waals surface area contributed by atoms with Crippen LogP contribution < -0.4 is 16.0 Å². The molecule has 4 N–H and O–H groups in total. The molecule has 2 aliphatic rings. The Labute approximate surface area is 215 Å². The van der Waals surface area contributed by atoms with E-state index >= 15 is 0 Å². The Morgan fingerprint density at radius 2 is 1.76 bits per heavy atom. The fourth-order valence-corrected chi connectivity index (χ4v) is 5.54. The predicted octanol–water partition coefficient (Wildman–Crippen LogP) is 4.24. The van der Waals surface area contributed by atoms with E-state index in [2.05, 4.69) is 20.2 Å². The number of anilines is 3. The monoisotopic (exact) mass is 497 g/mol. The molecule has 4 heterocycles. The van der Waals surface area contributed by atoms with Crippen molar-refractivity contribution < 1.29 is 9.90 Å². The highest BCUT2D eigenvalue weighted by Crippen LogP contribution is 2.36. The van der Waals surface area contributed by atoms with E-state index in [1.807, 2.05) is 34.9 Å². The van der Waals surface area contributed by atoms with E-state index in [0.29, 0.717) is 17.2 Å². The zero-order valence-electron chi connectivity index (χ0n) is 20.7. The topological polar surface area (TPSA) is 122 Å². The van der Waals surface area contributed by atoms with E-state index in [-0.39, 0.29) is 17.9 Å². The molecule has 1 saturated carbocycles. The first-order valence-corrected chi connectivity index (χ1v) is 13.0. The van der Waals surface area contributed by atoms with Gasteiger partial charge in [-0.2, -0.15) is 0 Å². The molecular weight excluding hydrogens is 466 g/mol. The smallest absolute Gasteiger partial charge is 0.256 e. The van der Waals surface area contributed by atoms with Gasteiger partial charge < -0.3 is 21.1 Å². The van der Waals surface area contributed by atoms with E-state index in [1.165, 1.54) is 12.8 Å². The van der Waals surface area contributed by atoms with Gasteiger partial charge in [0.15, 0.2) is 0 Å². The SMILES string of the molecule is Nc1nccn2c1c(-c1ccc(C(=O)Nc3cc(N4CCCC4)ccn3)cc1)nc2[C@H]1CC[C@H](O)CC1. The summed E-state index contributed by atoms with van der Waals surface area (Å²) in [6.45, 7) is 2.07. The van der Waals surface area contributed by atoms with Crippen LogP contribution in [-0.4, -0.2) is 49.6 Å². The molecule has 0 unspecified atom stereocenters. The molecule has 4 aromatic rings. The number of carbonyl (C=O) groups is 1. The number of hydrogen-bond acceptors (Lipinski definition) is 7. The van der Waals surface area contributed by atoms with Crippen molar-refractivity contribution >= 4 is 28.7 Å². The van der Waals surface area contributed by atoms with Crippen LogP contribution in [0.25, 0.3) is 16.8 Å². The third kappa shape index (κ3) is 4.62. The third-order valence-corrected chi connectivity index (χ3v) is 7.55. The first-order valence-electron chi connectivity index (χ1n) is 13.0. The second kappa shape index (κ2) is 9.82. The van der Waals surface area contributed by atoms with Crippen LogP contribution in [0.1, 0.15) is 60.6 Å². The van der Waals surface area contributed by atoms with E-state index in [4.69, 9.17) is 10.7 Å². The number of amides is 1. The molecule has 1 saturated heterocycles. The van der Waals surface area contributed by atoms with Crippen LogP contribution in [0.4, 0.5) is 17.3 Å². The summed E-state index contributed by atoms with van der Waals surface area (Å²) in [5, 5.41) is 12.9. The molecule has 9 nitrogen and oxygen atoms in total. The lowest BCUT2D eigenvalue weighted by atomic mass is 9.87. The molecule has 1 aliphatic heterocycles. The molecule has 3 aromatic heterocycles.